The number of hydrogen-bond donors (Lipinski definition) is 0. The van der Waals surface area contributed by atoms with Crippen LogP contribution in [-0.4, -0.2) is 42.6 Å². The minimum Gasteiger partial charge on any atom is -0.492 e. The largest absolute Gasteiger partial charge is 0.492 e. The average molecular weight is 370 g/mol. The van der Waals surface area contributed by atoms with Crippen molar-refractivity contribution in [3.8, 4) is 5.75 Å². The summed E-state index contributed by atoms with van der Waals surface area (Å²) in [5, 5.41) is 0.879. The molecule has 1 heterocycles. The van der Waals surface area contributed by atoms with Crippen LogP contribution >= 0.6 is 11.3 Å². The Morgan fingerprint density at radius 1 is 1.19 bits per heavy atom. The minimum atomic E-state index is -0.0704. The summed E-state index contributed by atoms with van der Waals surface area (Å²) in [5.74, 6) is 0.747. The van der Waals surface area contributed by atoms with Gasteiger partial charge in [0, 0.05) is 7.05 Å². The van der Waals surface area contributed by atoms with Crippen molar-refractivity contribution < 1.29 is 14.3 Å². The van der Waals surface area contributed by atoms with Gasteiger partial charge in [0.05, 0.1) is 23.4 Å². The number of aryl methyl sites for hydroxylation is 1. The van der Waals surface area contributed by atoms with Gasteiger partial charge in [-0.25, -0.2) is 4.98 Å². The molecular formula is C20H22N2O3S. The van der Waals surface area contributed by atoms with E-state index < -0.39 is 0 Å². The van der Waals surface area contributed by atoms with Crippen LogP contribution in [-0.2, 0) is 16.1 Å². The van der Waals surface area contributed by atoms with Crippen molar-refractivity contribution in [2.45, 2.75) is 13.5 Å². The second-order valence-electron chi connectivity index (χ2n) is 6.05. The summed E-state index contributed by atoms with van der Waals surface area (Å²) in [7, 11) is 1.75. The Hall–Kier alpha value is -2.44. The number of likely N-dealkylation sites (N-methyl/N-ethyl adjacent to an activating group) is 1. The maximum atomic E-state index is 12.1. The van der Waals surface area contributed by atoms with Gasteiger partial charge in [0.1, 0.15) is 24.0 Å². The van der Waals surface area contributed by atoms with Crippen LogP contribution < -0.4 is 4.74 Å². The zero-order chi connectivity index (χ0) is 18.4. The molecule has 0 aliphatic heterocycles. The van der Waals surface area contributed by atoms with E-state index in [4.69, 9.17) is 9.47 Å². The molecule has 0 aliphatic carbocycles. The lowest BCUT2D eigenvalue weighted by atomic mass is 10.2. The average Bonchev–Trinajstić information content (AvgIpc) is 3.04. The third-order valence-electron chi connectivity index (χ3n) is 3.90. The molecule has 5 nitrogen and oxygen atoms in total. The summed E-state index contributed by atoms with van der Waals surface area (Å²) < 4.78 is 12.3. The molecule has 2 aromatic carbocycles. The number of rotatable bonds is 8. The molecule has 0 N–H and O–H groups in total. The molecule has 3 rings (SSSR count). The highest BCUT2D eigenvalue weighted by atomic mass is 32.1. The lowest BCUT2D eigenvalue weighted by Crippen LogP contribution is -2.33. The summed E-state index contributed by atoms with van der Waals surface area (Å²) in [4.78, 5) is 18.2. The van der Waals surface area contributed by atoms with Crippen molar-refractivity contribution >= 4 is 27.5 Å². The molecular weight excluding hydrogens is 348 g/mol. The SMILES string of the molecule is Cc1cccc(OCCN(C)C(=O)COCc2nc3ccccc3s2)c1. The number of carbonyl (C=O) groups is 1. The molecule has 0 radical (unpaired) electrons. The zero-order valence-electron chi connectivity index (χ0n) is 15.0. The number of carbonyl (C=O) groups excluding carboxylic acids is 1. The van der Waals surface area contributed by atoms with Crippen molar-refractivity contribution in [1.82, 2.24) is 9.88 Å². The smallest absolute Gasteiger partial charge is 0.248 e. The number of ether oxygens (including phenoxy) is 2. The fourth-order valence-corrected chi connectivity index (χ4v) is 3.35. The fraction of sp³-hybridized carbons (Fsp3) is 0.300. The first-order valence-electron chi connectivity index (χ1n) is 8.47. The van der Waals surface area contributed by atoms with Crippen molar-refractivity contribution in [2.75, 3.05) is 26.8 Å². The van der Waals surface area contributed by atoms with E-state index in [0.717, 1.165) is 26.5 Å². The van der Waals surface area contributed by atoms with Crippen LogP contribution in [0.5, 0.6) is 5.75 Å². The normalized spacial score (nSPS) is 10.8. The van der Waals surface area contributed by atoms with Gasteiger partial charge in [-0.05, 0) is 36.8 Å². The Morgan fingerprint density at radius 3 is 2.85 bits per heavy atom. The van der Waals surface area contributed by atoms with Crippen molar-refractivity contribution in [3.63, 3.8) is 0 Å². The van der Waals surface area contributed by atoms with Gasteiger partial charge in [-0.1, -0.05) is 24.3 Å². The topological polar surface area (TPSA) is 51.7 Å². The second-order valence-corrected chi connectivity index (χ2v) is 7.16. The second kappa shape index (κ2) is 8.78. The number of fused-ring (bicyclic) bond motifs is 1. The highest BCUT2D eigenvalue weighted by Gasteiger charge is 2.10. The summed E-state index contributed by atoms with van der Waals surface area (Å²) in [5.41, 5.74) is 2.11. The van der Waals surface area contributed by atoms with Crippen LogP contribution in [0.15, 0.2) is 48.5 Å². The standard InChI is InChI=1S/C20H22N2O3S/c1-15-6-5-7-16(12-15)25-11-10-22(2)20(23)14-24-13-19-21-17-8-3-4-9-18(17)26-19/h3-9,12H,10-11,13-14H2,1-2H3. The number of aromatic nitrogens is 1. The summed E-state index contributed by atoms with van der Waals surface area (Å²) in [6.45, 7) is 3.36. The molecule has 0 fully saturated rings. The lowest BCUT2D eigenvalue weighted by Gasteiger charge is -2.17. The van der Waals surface area contributed by atoms with Gasteiger partial charge < -0.3 is 14.4 Å². The van der Waals surface area contributed by atoms with E-state index in [0.29, 0.717) is 19.8 Å². The highest BCUT2D eigenvalue weighted by Crippen LogP contribution is 2.21. The quantitative estimate of drug-likeness (QED) is 0.607. The first kappa shape index (κ1) is 18.4. The first-order valence-corrected chi connectivity index (χ1v) is 9.29. The lowest BCUT2D eigenvalue weighted by molar-refractivity contribution is -0.135. The predicted molar refractivity (Wildman–Crippen MR) is 104 cm³/mol. The fourth-order valence-electron chi connectivity index (χ4n) is 2.45. The molecule has 3 aromatic rings. The third kappa shape index (κ3) is 5.03. The minimum absolute atomic E-state index is 0.0386. The van der Waals surface area contributed by atoms with E-state index in [1.54, 1.807) is 23.3 Å². The van der Waals surface area contributed by atoms with Gasteiger partial charge in [-0.2, -0.15) is 0 Å². The van der Waals surface area contributed by atoms with Crippen LogP contribution in [0.1, 0.15) is 10.6 Å². The Kier molecular flexibility index (Phi) is 6.20. The molecule has 0 atom stereocenters. The number of thiazole rings is 1. The van der Waals surface area contributed by atoms with Crippen LogP contribution in [0.3, 0.4) is 0 Å². The number of nitrogens with zero attached hydrogens (tertiary/aromatic N) is 2. The van der Waals surface area contributed by atoms with Gasteiger partial charge in [-0.15, -0.1) is 11.3 Å². The van der Waals surface area contributed by atoms with E-state index >= 15 is 0 Å². The molecule has 26 heavy (non-hydrogen) atoms. The molecule has 0 unspecified atom stereocenters. The molecule has 136 valence electrons. The van der Waals surface area contributed by atoms with Gasteiger partial charge in [-0.3, -0.25) is 4.79 Å². The first-order chi connectivity index (χ1) is 12.6. The van der Waals surface area contributed by atoms with E-state index in [-0.39, 0.29) is 12.5 Å². The van der Waals surface area contributed by atoms with Gasteiger partial charge >= 0.3 is 0 Å². The van der Waals surface area contributed by atoms with Gasteiger partial charge in [0.25, 0.3) is 0 Å². The van der Waals surface area contributed by atoms with E-state index in [9.17, 15) is 4.79 Å². The number of benzene rings is 2. The number of para-hydroxylation sites is 1. The number of amides is 1. The summed E-state index contributed by atoms with van der Waals surface area (Å²) in [6, 6.07) is 15.8. The summed E-state index contributed by atoms with van der Waals surface area (Å²) in [6.07, 6.45) is 0. The van der Waals surface area contributed by atoms with Crippen molar-refractivity contribution in [2.24, 2.45) is 0 Å². The molecule has 1 amide bonds. The predicted octanol–water partition coefficient (Wildman–Crippen LogP) is 3.66. The van der Waals surface area contributed by atoms with E-state index in [1.165, 1.54) is 0 Å². The Bertz CT molecular complexity index is 845. The Labute approximate surface area is 157 Å². The number of hydrogen-bond acceptors (Lipinski definition) is 5. The van der Waals surface area contributed by atoms with E-state index in [1.807, 2.05) is 55.5 Å². The molecule has 6 heteroatoms. The molecule has 0 spiro atoms. The molecule has 0 saturated heterocycles. The monoisotopic (exact) mass is 370 g/mol. The van der Waals surface area contributed by atoms with Crippen LogP contribution in [0, 0.1) is 6.92 Å². The molecule has 0 bridgehead atoms. The van der Waals surface area contributed by atoms with Crippen molar-refractivity contribution in [1.29, 1.82) is 0 Å². The Balaban J connectivity index is 1.38. The zero-order valence-corrected chi connectivity index (χ0v) is 15.8. The molecule has 0 saturated carbocycles. The van der Waals surface area contributed by atoms with Crippen molar-refractivity contribution in [3.05, 3.63) is 59.1 Å². The van der Waals surface area contributed by atoms with Gasteiger partial charge in [0.15, 0.2) is 0 Å². The maximum absolute atomic E-state index is 12.1. The van der Waals surface area contributed by atoms with Gasteiger partial charge in [0.2, 0.25) is 5.91 Å². The highest BCUT2D eigenvalue weighted by molar-refractivity contribution is 7.18. The summed E-state index contributed by atoms with van der Waals surface area (Å²) >= 11 is 1.59. The Morgan fingerprint density at radius 2 is 2.04 bits per heavy atom. The van der Waals surface area contributed by atoms with Crippen LogP contribution in [0.4, 0.5) is 0 Å². The van der Waals surface area contributed by atoms with Crippen LogP contribution in [0.25, 0.3) is 10.2 Å². The van der Waals surface area contributed by atoms with E-state index in [2.05, 4.69) is 4.98 Å². The molecule has 0 aliphatic rings. The maximum Gasteiger partial charge on any atom is 0.248 e. The third-order valence-corrected chi connectivity index (χ3v) is 4.91. The molecule has 1 aromatic heterocycles. The van der Waals surface area contributed by atoms with Crippen LogP contribution in [0.2, 0.25) is 0 Å².